The Morgan fingerprint density at radius 1 is 1.28 bits per heavy atom. The van der Waals surface area contributed by atoms with Gasteiger partial charge in [-0.3, -0.25) is 9.36 Å². The molecule has 0 bridgehead atoms. The van der Waals surface area contributed by atoms with Crippen molar-refractivity contribution in [2.24, 2.45) is 7.05 Å². The number of aryl methyl sites for hydroxylation is 3. The van der Waals surface area contributed by atoms with Crippen molar-refractivity contribution in [1.29, 1.82) is 0 Å². The molecule has 0 aliphatic rings. The van der Waals surface area contributed by atoms with Crippen LogP contribution in [0.2, 0.25) is 0 Å². The Bertz CT molecular complexity index is 523. The minimum atomic E-state index is 0.841. The van der Waals surface area contributed by atoms with Gasteiger partial charge in [-0.25, -0.2) is 0 Å². The molecule has 0 atom stereocenters. The van der Waals surface area contributed by atoms with Crippen LogP contribution in [0.1, 0.15) is 29.4 Å². The molecule has 0 aliphatic heterocycles. The molecular formula is C13H21N5. The Kier molecular flexibility index (Phi) is 3.81. The first-order valence-electron chi connectivity index (χ1n) is 6.33. The summed E-state index contributed by atoms with van der Waals surface area (Å²) in [6.07, 6.45) is 4.00. The second kappa shape index (κ2) is 5.35. The number of hydrogen-bond acceptors (Lipinski definition) is 3. The molecule has 0 amide bonds. The molecule has 5 nitrogen and oxygen atoms in total. The first-order valence-corrected chi connectivity index (χ1v) is 6.33. The molecule has 2 heterocycles. The summed E-state index contributed by atoms with van der Waals surface area (Å²) >= 11 is 0. The van der Waals surface area contributed by atoms with Crippen molar-refractivity contribution < 1.29 is 0 Å². The lowest BCUT2D eigenvalue weighted by Gasteiger charge is -2.04. The smallest absolute Gasteiger partial charge is 0.0641 e. The van der Waals surface area contributed by atoms with Gasteiger partial charge in [0.05, 0.1) is 11.9 Å². The van der Waals surface area contributed by atoms with Crippen molar-refractivity contribution in [2.75, 3.05) is 0 Å². The molecule has 0 aromatic carbocycles. The number of rotatable bonds is 5. The highest BCUT2D eigenvalue weighted by atomic mass is 15.3. The van der Waals surface area contributed by atoms with E-state index in [2.05, 4.69) is 42.5 Å². The molecule has 2 aromatic rings. The van der Waals surface area contributed by atoms with Gasteiger partial charge in [0.2, 0.25) is 0 Å². The first-order chi connectivity index (χ1) is 8.61. The summed E-state index contributed by atoms with van der Waals surface area (Å²) in [6, 6.07) is 0. The van der Waals surface area contributed by atoms with E-state index in [1.807, 2.05) is 22.6 Å². The van der Waals surface area contributed by atoms with Crippen molar-refractivity contribution in [1.82, 2.24) is 24.9 Å². The van der Waals surface area contributed by atoms with Crippen LogP contribution in [-0.4, -0.2) is 19.6 Å². The molecular weight excluding hydrogens is 226 g/mol. The van der Waals surface area contributed by atoms with Crippen molar-refractivity contribution >= 4 is 0 Å². The van der Waals surface area contributed by atoms with Crippen molar-refractivity contribution in [3.05, 3.63) is 34.9 Å². The quantitative estimate of drug-likeness (QED) is 0.872. The van der Waals surface area contributed by atoms with Crippen molar-refractivity contribution in [2.45, 2.75) is 40.4 Å². The third-order valence-corrected chi connectivity index (χ3v) is 3.30. The fraction of sp³-hybridized carbons (Fsp3) is 0.538. The predicted molar refractivity (Wildman–Crippen MR) is 71.1 cm³/mol. The third kappa shape index (κ3) is 2.61. The molecule has 2 aromatic heterocycles. The Labute approximate surface area is 108 Å². The van der Waals surface area contributed by atoms with E-state index in [0.29, 0.717) is 0 Å². The van der Waals surface area contributed by atoms with E-state index in [0.717, 1.165) is 25.3 Å². The summed E-state index contributed by atoms with van der Waals surface area (Å²) in [5.41, 5.74) is 4.84. The van der Waals surface area contributed by atoms with Gasteiger partial charge in [0.25, 0.3) is 0 Å². The molecule has 2 rings (SSSR count). The average molecular weight is 247 g/mol. The summed E-state index contributed by atoms with van der Waals surface area (Å²) in [5.74, 6) is 0. The Balaban J connectivity index is 1.92. The highest BCUT2D eigenvalue weighted by Gasteiger charge is 2.08. The van der Waals surface area contributed by atoms with E-state index in [4.69, 9.17) is 0 Å². The van der Waals surface area contributed by atoms with Crippen LogP contribution in [-0.2, 0) is 26.7 Å². The Hall–Kier alpha value is -1.62. The van der Waals surface area contributed by atoms with Gasteiger partial charge < -0.3 is 5.32 Å². The van der Waals surface area contributed by atoms with E-state index in [1.165, 1.54) is 16.8 Å². The minimum absolute atomic E-state index is 0.841. The molecule has 0 spiro atoms. The lowest BCUT2D eigenvalue weighted by Crippen LogP contribution is -2.13. The summed E-state index contributed by atoms with van der Waals surface area (Å²) in [7, 11) is 1.98. The Morgan fingerprint density at radius 3 is 2.61 bits per heavy atom. The van der Waals surface area contributed by atoms with E-state index in [9.17, 15) is 0 Å². The fourth-order valence-corrected chi connectivity index (χ4v) is 2.08. The molecule has 0 fully saturated rings. The van der Waals surface area contributed by atoms with Gasteiger partial charge in [0, 0.05) is 49.7 Å². The van der Waals surface area contributed by atoms with Crippen LogP contribution in [0.5, 0.6) is 0 Å². The largest absolute Gasteiger partial charge is 0.308 e. The van der Waals surface area contributed by atoms with E-state index in [1.54, 1.807) is 0 Å². The maximum atomic E-state index is 4.41. The zero-order chi connectivity index (χ0) is 13.1. The number of aromatic nitrogens is 4. The molecule has 1 N–H and O–H groups in total. The molecule has 0 unspecified atom stereocenters. The normalized spacial score (nSPS) is 11.1. The second-order valence-corrected chi connectivity index (χ2v) is 4.58. The van der Waals surface area contributed by atoms with Gasteiger partial charge in [-0.05, 0) is 20.8 Å². The van der Waals surface area contributed by atoms with Gasteiger partial charge in [0.15, 0.2) is 0 Å². The Morgan fingerprint density at radius 2 is 2.06 bits per heavy atom. The van der Waals surface area contributed by atoms with Crippen LogP contribution in [0.4, 0.5) is 0 Å². The van der Waals surface area contributed by atoms with Gasteiger partial charge in [-0.2, -0.15) is 10.2 Å². The molecule has 0 aliphatic carbocycles. The molecule has 18 heavy (non-hydrogen) atoms. The maximum Gasteiger partial charge on any atom is 0.0641 e. The van der Waals surface area contributed by atoms with E-state index >= 15 is 0 Å². The van der Waals surface area contributed by atoms with Crippen LogP contribution in [0.25, 0.3) is 0 Å². The van der Waals surface area contributed by atoms with Gasteiger partial charge >= 0.3 is 0 Å². The van der Waals surface area contributed by atoms with Crippen LogP contribution < -0.4 is 5.32 Å². The second-order valence-electron chi connectivity index (χ2n) is 4.58. The summed E-state index contributed by atoms with van der Waals surface area (Å²) in [5, 5.41) is 12.1. The topological polar surface area (TPSA) is 47.7 Å². The lowest BCUT2D eigenvalue weighted by molar-refractivity contribution is 0.655. The minimum Gasteiger partial charge on any atom is -0.308 e. The summed E-state index contributed by atoms with van der Waals surface area (Å²) < 4.78 is 3.87. The molecule has 0 radical (unpaired) electrons. The highest BCUT2D eigenvalue weighted by molar-refractivity contribution is 5.24. The fourth-order valence-electron chi connectivity index (χ4n) is 2.08. The number of hydrogen-bond donors (Lipinski definition) is 1. The summed E-state index contributed by atoms with van der Waals surface area (Å²) in [4.78, 5) is 0. The zero-order valence-corrected chi connectivity index (χ0v) is 11.6. The van der Waals surface area contributed by atoms with E-state index in [-0.39, 0.29) is 0 Å². The maximum absolute atomic E-state index is 4.41. The van der Waals surface area contributed by atoms with Crippen molar-refractivity contribution in [3.8, 4) is 0 Å². The molecule has 0 saturated heterocycles. The van der Waals surface area contributed by atoms with Crippen molar-refractivity contribution in [3.63, 3.8) is 0 Å². The molecule has 98 valence electrons. The predicted octanol–water partition coefficient (Wildman–Crippen LogP) is 1.54. The van der Waals surface area contributed by atoms with Crippen LogP contribution in [0, 0.1) is 13.8 Å². The van der Waals surface area contributed by atoms with Gasteiger partial charge in [0.1, 0.15) is 0 Å². The van der Waals surface area contributed by atoms with Crippen LogP contribution in [0.3, 0.4) is 0 Å². The molecule has 0 saturated carbocycles. The zero-order valence-electron chi connectivity index (χ0n) is 11.6. The van der Waals surface area contributed by atoms with Crippen LogP contribution in [0.15, 0.2) is 12.4 Å². The first kappa shape index (κ1) is 12.8. The van der Waals surface area contributed by atoms with Gasteiger partial charge in [-0.1, -0.05) is 0 Å². The SMILES string of the molecule is CCn1cc(CNCc2c(C)nn(C)c2C)cn1. The molecule has 5 heteroatoms. The lowest BCUT2D eigenvalue weighted by atomic mass is 10.2. The van der Waals surface area contributed by atoms with E-state index < -0.39 is 0 Å². The highest BCUT2D eigenvalue weighted by Crippen LogP contribution is 2.11. The standard InChI is InChI=1S/C13H21N5/c1-5-18-9-12(7-15-18)6-14-8-13-10(2)16-17(4)11(13)3/h7,9,14H,5-6,8H2,1-4H3. The van der Waals surface area contributed by atoms with Gasteiger partial charge in [-0.15, -0.1) is 0 Å². The average Bonchev–Trinajstić information content (AvgIpc) is 2.89. The summed E-state index contributed by atoms with van der Waals surface area (Å²) in [6.45, 7) is 8.86. The number of nitrogens with one attached hydrogen (secondary N) is 1. The third-order valence-electron chi connectivity index (χ3n) is 3.30. The number of nitrogens with zero attached hydrogens (tertiary/aromatic N) is 4. The monoisotopic (exact) mass is 247 g/mol. The van der Waals surface area contributed by atoms with Crippen LogP contribution >= 0.6 is 0 Å².